The number of hydrogen-bond acceptors (Lipinski definition) is 3. The van der Waals surface area contributed by atoms with E-state index in [1.165, 1.54) is 4.90 Å². The van der Waals surface area contributed by atoms with Gasteiger partial charge < -0.3 is 15.0 Å². The fourth-order valence-electron chi connectivity index (χ4n) is 3.25. The van der Waals surface area contributed by atoms with Gasteiger partial charge in [0.05, 0.1) is 0 Å². The third-order valence-electron chi connectivity index (χ3n) is 4.91. The van der Waals surface area contributed by atoms with Crippen LogP contribution in [0, 0.1) is 0 Å². The molecule has 0 saturated carbocycles. The third-order valence-corrected chi connectivity index (χ3v) is 5.62. The molecule has 30 heavy (non-hydrogen) atoms. The fourth-order valence-corrected chi connectivity index (χ4v) is 3.77. The molecule has 5 nitrogen and oxygen atoms in total. The minimum atomic E-state index is -0.668. The summed E-state index contributed by atoms with van der Waals surface area (Å²) in [5.41, 5.74) is 1.61. The molecule has 0 aliphatic carbocycles. The Balaban J connectivity index is 2.29. The van der Waals surface area contributed by atoms with Crippen LogP contribution in [0.25, 0.3) is 0 Å². The Hall–Kier alpha value is -2.24. The lowest BCUT2D eigenvalue weighted by atomic mass is 10.0. The molecule has 0 aliphatic rings. The molecule has 0 aliphatic heterocycles. The van der Waals surface area contributed by atoms with E-state index in [1.54, 1.807) is 25.2 Å². The van der Waals surface area contributed by atoms with Crippen LogP contribution in [0.3, 0.4) is 0 Å². The second-order valence-corrected chi connectivity index (χ2v) is 8.06. The van der Waals surface area contributed by atoms with E-state index in [9.17, 15) is 9.59 Å². The van der Waals surface area contributed by atoms with E-state index in [0.29, 0.717) is 27.8 Å². The van der Waals surface area contributed by atoms with Crippen molar-refractivity contribution in [2.45, 2.75) is 45.7 Å². The highest BCUT2D eigenvalue weighted by molar-refractivity contribution is 6.36. The fraction of sp³-hybridized carbons (Fsp3) is 0.391. The number of amides is 2. The number of halogens is 2. The van der Waals surface area contributed by atoms with E-state index < -0.39 is 6.04 Å². The van der Waals surface area contributed by atoms with Crippen molar-refractivity contribution < 1.29 is 14.3 Å². The zero-order valence-electron chi connectivity index (χ0n) is 17.7. The van der Waals surface area contributed by atoms with Crippen LogP contribution >= 0.6 is 23.2 Å². The van der Waals surface area contributed by atoms with Crippen LogP contribution < -0.4 is 10.1 Å². The Bertz CT molecular complexity index is 866. The van der Waals surface area contributed by atoms with E-state index >= 15 is 0 Å². The summed E-state index contributed by atoms with van der Waals surface area (Å²) in [6.45, 7) is 5.89. The Kier molecular flexibility index (Phi) is 9.00. The zero-order valence-corrected chi connectivity index (χ0v) is 19.3. The number of benzene rings is 2. The molecule has 162 valence electrons. The summed E-state index contributed by atoms with van der Waals surface area (Å²) in [6.07, 6.45) is 0.441. The van der Waals surface area contributed by atoms with Crippen molar-refractivity contribution in [1.29, 1.82) is 0 Å². The molecule has 2 amide bonds. The first-order valence-electron chi connectivity index (χ1n) is 9.95. The summed E-state index contributed by atoms with van der Waals surface area (Å²) in [7, 11) is 1.55. The van der Waals surface area contributed by atoms with Crippen LogP contribution in [0.15, 0.2) is 42.5 Å². The van der Waals surface area contributed by atoms with Crippen LogP contribution in [0.5, 0.6) is 5.75 Å². The van der Waals surface area contributed by atoms with Gasteiger partial charge in [0.15, 0.2) is 6.61 Å². The molecular formula is C23H28Cl2N2O3. The van der Waals surface area contributed by atoms with Gasteiger partial charge in [0, 0.05) is 29.2 Å². The standard InChI is InChI=1S/C23H28Cl2N2O3/c1-5-20(23(29)26-4)27(13-17-18(24)10-8-11-19(17)25)22(28)14-30-21-12-7-6-9-16(21)15(2)3/h6-12,15,20H,5,13-14H2,1-4H3,(H,26,29)/t20-/m0/s1. The SMILES string of the molecule is CC[C@@H](C(=O)NC)N(Cc1c(Cl)cccc1Cl)C(=O)COc1ccccc1C(C)C. The summed E-state index contributed by atoms with van der Waals surface area (Å²) in [6, 6.07) is 12.1. The maximum Gasteiger partial charge on any atom is 0.261 e. The largest absolute Gasteiger partial charge is 0.483 e. The molecule has 0 radical (unpaired) electrons. The Morgan fingerprint density at radius 1 is 1.07 bits per heavy atom. The van der Waals surface area contributed by atoms with Gasteiger partial charge in [0.1, 0.15) is 11.8 Å². The number of likely N-dealkylation sites (N-methyl/N-ethyl adjacent to an activating group) is 1. The molecule has 0 saturated heterocycles. The van der Waals surface area contributed by atoms with Crippen LogP contribution in [0.2, 0.25) is 10.0 Å². The Labute approximate surface area is 188 Å². The third kappa shape index (κ3) is 5.89. The van der Waals surface area contributed by atoms with E-state index in [2.05, 4.69) is 19.2 Å². The molecule has 1 atom stereocenters. The normalized spacial score (nSPS) is 11.8. The van der Waals surface area contributed by atoms with Gasteiger partial charge in [-0.2, -0.15) is 0 Å². The van der Waals surface area contributed by atoms with E-state index in [0.717, 1.165) is 5.56 Å². The second-order valence-electron chi connectivity index (χ2n) is 7.24. The maximum atomic E-state index is 13.2. The predicted molar refractivity (Wildman–Crippen MR) is 121 cm³/mol. The average molecular weight is 451 g/mol. The minimum absolute atomic E-state index is 0.110. The quantitative estimate of drug-likeness (QED) is 0.581. The number of carbonyl (C=O) groups excluding carboxylic acids is 2. The van der Waals surface area contributed by atoms with Gasteiger partial charge in [0.2, 0.25) is 5.91 Å². The predicted octanol–water partition coefficient (Wildman–Crippen LogP) is 5.05. The van der Waals surface area contributed by atoms with Crippen LogP contribution in [0.1, 0.15) is 44.2 Å². The van der Waals surface area contributed by atoms with Gasteiger partial charge in [-0.1, -0.05) is 68.2 Å². The summed E-state index contributed by atoms with van der Waals surface area (Å²) in [5.74, 6) is 0.338. The van der Waals surface area contributed by atoms with Gasteiger partial charge in [-0.15, -0.1) is 0 Å². The maximum absolute atomic E-state index is 13.2. The van der Waals surface area contributed by atoms with Crippen molar-refractivity contribution in [1.82, 2.24) is 10.2 Å². The van der Waals surface area contributed by atoms with Crippen molar-refractivity contribution >= 4 is 35.0 Å². The minimum Gasteiger partial charge on any atom is -0.483 e. The van der Waals surface area contributed by atoms with Gasteiger partial charge in [-0.25, -0.2) is 0 Å². The first-order chi connectivity index (χ1) is 14.3. The van der Waals surface area contributed by atoms with Gasteiger partial charge in [0.25, 0.3) is 5.91 Å². The first kappa shape index (κ1) is 24.0. The number of rotatable bonds is 9. The zero-order chi connectivity index (χ0) is 22.3. The monoisotopic (exact) mass is 450 g/mol. The molecule has 2 aromatic carbocycles. The van der Waals surface area contributed by atoms with Crippen molar-refractivity contribution in [3.63, 3.8) is 0 Å². The number of carbonyl (C=O) groups is 2. The molecule has 2 rings (SSSR count). The first-order valence-corrected chi connectivity index (χ1v) is 10.7. The molecular weight excluding hydrogens is 423 g/mol. The molecule has 0 aromatic heterocycles. The average Bonchev–Trinajstić information content (AvgIpc) is 2.73. The van der Waals surface area contributed by atoms with E-state index in [1.807, 2.05) is 31.2 Å². The molecule has 0 bridgehead atoms. The summed E-state index contributed by atoms with van der Waals surface area (Å²) >= 11 is 12.6. The lowest BCUT2D eigenvalue weighted by Crippen LogP contribution is -2.49. The Morgan fingerprint density at radius 3 is 2.27 bits per heavy atom. The molecule has 0 fully saturated rings. The van der Waals surface area contributed by atoms with Gasteiger partial charge in [-0.3, -0.25) is 9.59 Å². The number of hydrogen-bond donors (Lipinski definition) is 1. The molecule has 2 aromatic rings. The highest BCUT2D eigenvalue weighted by Crippen LogP contribution is 2.28. The molecule has 0 heterocycles. The number of para-hydroxylation sites is 1. The van der Waals surface area contributed by atoms with E-state index in [-0.39, 0.29) is 30.9 Å². The van der Waals surface area contributed by atoms with Crippen LogP contribution in [0.4, 0.5) is 0 Å². The number of ether oxygens (including phenoxy) is 1. The molecule has 0 spiro atoms. The number of nitrogens with zero attached hydrogens (tertiary/aromatic N) is 1. The summed E-state index contributed by atoms with van der Waals surface area (Å²) in [4.78, 5) is 27.1. The highest BCUT2D eigenvalue weighted by Gasteiger charge is 2.29. The van der Waals surface area contributed by atoms with Crippen molar-refractivity contribution in [2.75, 3.05) is 13.7 Å². The molecule has 1 N–H and O–H groups in total. The molecule has 7 heteroatoms. The van der Waals surface area contributed by atoms with Crippen molar-refractivity contribution in [3.05, 3.63) is 63.6 Å². The van der Waals surface area contributed by atoms with E-state index in [4.69, 9.17) is 27.9 Å². The van der Waals surface area contributed by atoms with Crippen LogP contribution in [-0.2, 0) is 16.1 Å². The highest BCUT2D eigenvalue weighted by atomic mass is 35.5. The molecule has 0 unspecified atom stereocenters. The Morgan fingerprint density at radius 2 is 1.70 bits per heavy atom. The number of nitrogens with one attached hydrogen (secondary N) is 1. The van der Waals surface area contributed by atoms with Gasteiger partial charge >= 0.3 is 0 Å². The van der Waals surface area contributed by atoms with Crippen LogP contribution in [-0.4, -0.2) is 36.4 Å². The summed E-state index contributed by atoms with van der Waals surface area (Å²) < 4.78 is 5.86. The summed E-state index contributed by atoms with van der Waals surface area (Å²) in [5, 5.41) is 3.51. The lowest BCUT2D eigenvalue weighted by Gasteiger charge is -2.31. The topological polar surface area (TPSA) is 58.6 Å². The smallest absolute Gasteiger partial charge is 0.261 e. The van der Waals surface area contributed by atoms with Crippen molar-refractivity contribution in [3.8, 4) is 5.75 Å². The van der Waals surface area contributed by atoms with Crippen molar-refractivity contribution in [2.24, 2.45) is 0 Å². The van der Waals surface area contributed by atoms with Gasteiger partial charge in [-0.05, 0) is 36.1 Å². The lowest BCUT2D eigenvalue weighted by molar-refractivity contribution is -0.142. The second kappa shape index (κ2) is 11.2.